The SMILES string of the molecule is CC(C)(C)c1noc(COC(=O)c2ccccc2SCC(=O)N2CCCC2)n1. The summed E-state index contributed by atoms with van der Waals surface area (Å²) in [4.78, 5) is 31.6. The third kappa shape index (κ3) is 5.13. The number of rotatable bonds is 6. The topological polar surface area (TPSA) is 85.5 Å². The lowest BCUT2D eigenvalue weighted by Gasteiger charge is -2.15. The summed E-state index contributed by atoms with van der Waals surface area (Å²) in [6.07, 6.45) is 2.12. The maximum Gasteiger partial charge on any atom is 0.339 e. The number of amides is 1. The van der Waals surface area contributed by atoms with E-state index in [1.54, 1.807) is 12.1 Å². The zero-order valence-electron chi connectivity index (χ0n) is 16.4. The fourth-order valence-electron chi connectivity index (χ4n) is 2.78. The van der Waals surface area contributed by atoms with Crippen LogP contribution in [0.2, 0.25) is 0 Å². The van der Waals surface area contributed by atoms with Crippen LogP contribution in [0.3, 0.4) is 0 Å². The van der Waals surface area contributed by atoms with Crippen molar-refractivity contribution in [3.8, 4) is 0 Å². The van der Waals surface area contributed by atoms with Gasteiger partial charge in [-0.15, -0.1) is 11.8 Å². The molecule has 7 nitrogen and oxygen atoms in total. The first-order valence-electron chi connectivity index (χ1n) is 9.34. The average Bonchev–Trinajstić information content (AvgIpc) is 3.35. The molecule has 0 atom stereocenters. The first kappa shape index (κ1) is 20.4. The summed E-state index contributed by atoms with van der Waals surface area (Å²) in [5, 5.41) is 3.92. The molecule has 0 aliphatic carbocycles. The van der Waals surface area contributed by atoms with E-state index in [0.717, 1.165) is 30.8 Å². The van der Waals surface area contributed by atoms with Crippen LogP contribution < -0.4 is 0 Å². The second kappa shape index (κ2) is 8.77. The van der Waals surface area contributed by atoms with Gasteiger partial charge in [-0.3, -0.25) is 4.79 Å². The van der Waals surface area contributed by atoms with Crippen molar-refractivity contribution < 1.29 is 18.8 Å². The smallest absolute Gasteiger partial charge is 0.339 e. The van der Waals surface area contributed by atoms with Crippen molar-refractivity contribution in [2.24, 2.45) is 0 Å². The van der Waals surface area contributed by atoms with Gasteiger partial charge in [0.1, 0.15) is 0 Å². The highest BCUT2D eigenvalue weighted by molar-refractivity contribution is 8.00. The molecule has 3 rings (SSSR count). The normalized spacial score (nSPS) is 14.3. The molecule has 0 bridgehead atoms. The Morgan fingerprint density at radius 2 is 1.93 bits per heavy atom. The van der Waals surface area contributed by atoms with Gasteiger partial charge in [-0.05, 0) is 25.0 Å². The molecule has 0 unspecified atom stereocenters. The number of ether oxygens (including phenoxy) is 1. The van der Waals surface area contributed by atoms with E-state index in [1.165, 1.54) is 11.8 Å². The predicted molar refractivity (Wildman–Crippen MR) is 105 cm³/mol. The van der Waals surface area contributed by atoms with Crippen molar-refractivity contribution in [2.45, 2.75) is 50.5 Å². The van der Waals surface area contributed by atoms with E-state index in [1.807, 2.05) is 37.8 Å². The van der Waals surface area contributed by atoms with Gasteiger partial charge in [-0.1, -0.05) is 38.1 Å². The molecule has 1 amide bonds. The third-order valence-corrected chi connectivity index (χ3v) is 5.44. The van der Waals surface area contributed by atoms with Crippen LogP contribution in [0, 0.1) is 0 Å². The van der Waals surface area contributed by atoms with E-state index in [4.69, 9.17) is 9.26 Å². The molecule has 1 aliphatic heterocycles. The lowest BCUT2D eigenvalue weighted by atomic mass is 9.96. The van der Waals surface area contributed by atoms with Crippen LogP contribution in [0.1, 0.15) is 55.7 Å². The predicted octanol–water partition coefficient (Wildman–Crippen LogP) is 3.44. The van der Waals surface area contributed by atoms with Crippen LogP contribution in [-0.2, 0) is 21.6 Å². The Labute approximate surface area is 168 Å². The molecule has 2 heterocycles. The van der Waals surface area contributed by atoms with Gasteiger partial charge in [0.25, 0.3) is 5.89 Å². The number of carbonyl (C=O) groups is 2. The maximum absolute atomic E-state index is 12.5. The third-order valence-electron chi connectivity index (χ3n) is 4.38. The summed E-state index contributed by atoms with van der Waals surface area (Å²) in [5.41, 5.74) is 0.189. The Bertz CT molecular complexity index is 838. The Morgan fingerprint density at radius 3 is 2.61 bits per heavy atom. The Hall–Kier alpha value is -2.35. The van der Waals surface area contributed by atoms with Crippen molar-refractivity contribution in [3.63, 3.8) is 0 Å². The molecule has 1 aliphatic rings. The van der Waals surface area contributed by atoms with Crippen LogP contribution in [-0.4, -0.2) is 45.8 Å². The number of nitrogens with zero attached hydrogens (tertiary/aromatic N) is 3. The fraction of sp³-hybridized carbons (Fsp3) is 0.500. The first-order valence-corrected chi connectivity index (χ1v) is 10.3. The molecular weight excluding hydrogens is 378 g/mol. The fourth-order valence-corrected chi connectivity index (χ4v) is 3.72. The number of esters is 1. The average molecular weight is 404 g/mol. The summed E-state index contributed by atoms with van der Waals surface area (Å²) in [6.45, 7) is 7.49. The van der Waals surface area contributed by atoms with Gasteiger partial charge in [0.05, 0.1) is 11.3 Å². The largest absolute Gasteiger partial charge is 0.452 e. The molecule has 1 aromatic heterocycles. The number of likely N-dealkylation sites (tertiary alicyclic amines) is 1. The van der Waals surface area contributed by atoms with E-state index < -0.39 is 5.97 Å². The van der Waals surface area contributed by atoms with Crippen molar-refractivity contribution in [3.05, 3.63) is 41.5 Å². The molecule has 2 aromatic rings. The van der Waals surface area contributed by atoms with E-state index in [9.17, 15) is 9.59 Å². The van der Waals surface area contributed by atoms with E-state index in [-0.39, 0.29) is 23.8 Å². The summed E-state index contributed by atoms with van der Waals surface area (Å²) >= 11 is 1.36. The lowest BCUT2D eigenvalue weighted by molar-refractivity contribution is -0.127. The highest BCUT2D eigenvalue weighted by atomic mass is 32.2. The van der Waals surface area contributed by atoms with Crippen LogP contribution in [0.15, 0.2) is 33.7 Å². The summed E-state index contributed by atoms with van der Waals surface area (Å²) in [7, 11) is 0. The minimum atomic E-state index is -0.479. The number of carbonyl (C=O) groups excluding carboxylic acids is 2. The van der Waals surface area contributed by atoms with Gasteiger partial charge in [0.15, 0.2) is 12.4 Å². The molecule has 0 spiro atoms. The van der Waals surface area contributed by atoms with Gasteiger partial charge < -0.3 is 14.2 Å². The Balaban J connectivity index is 1.59. The zero-order chi connectivity index (χ0) is 20.1. The molecule has 1 fully saturated rings. The van der Waals surface area contributed by atoms with Gasteiger partial charge >= 0.3 is 5.97 Å². The monoisotopic (exact) mass is 403 g/mol. The van der Waals surface area contributed by atoms with E-state index >= 15 is 0 Å². The molecule has 0 radical (unpaired) electrons. The van der Waals surface area contributed by atoms with Crippen LogP contribution in [0.4, 0.5) is 0 Å². The minimum absolute atomic E-state index is 0.0897. The van der Waals surface area contributed by atoms with Gasteiger partial charge in [0.2, 0.25) is 5.91 Å². The number of benzene rings is 1. The van der Waals surface area contributed by atoms with Gasteiger partial charge in [-0.25, -0.2) is 4.79 Å². The molecule has 1 aromatic carbocycles. The summed E-state index contributed by atoms with van der Waals surface area (Å²) < 4.78 is 10.5. The van der Waals surface area contributed by atoms with Crippen LogP contribution >= 0.6 is 11.8 Å². The summed E-state index contributed by atoms with van der Waals surface area (Å²) in [6, 6.07) is 7.13. The quantitative estimate of drug-likeness (QED) is 0.539. The van der Waals surface area contributed by atoms with Crippen molar-refractivity contribution in [1.82, 2.24) is 15.0 Å². The molecular formula is C20H25N3O4S. The Kier molecular flexibility index (Phi) is 6.39. The Morgan fingerprint density at radius 1 is 1.21 bits per heavy atom. The van der Waals surface area contributed by atoms with Crippen LogP contribution in [0.5, 0.6) is 0 Å². The highest BCUT2D eigenvalue weighted by Crippen LogP contribution is 2.25. The highest BCUT2D eigenvalue weighted by Gasteiger charge is 2.22. The standard InChI is InChI=1S/C20H25N3O4S/c1-20(2,3)19-21-16(27-22-19)12-26-18(25)14-8-4-5-9-15(14)28-13-17(24)23-10-6-7-11-23/h4-5,8-9H,6-7,10-13H2,1-3H3. The number of aromatic nitrogens is 2. The number of hydrogen-bond acceptors (Lipinski definition) is 7. The van der Waals surface area contributed by atoms with Crippen molar-refractivity contribution >= 4 is 23.6 Å². The molecule has 150 valence electrons. The van der Waals surface area contributed by atoms with Crippen molar-refractivity contribution in [1.29, 1.82) is 0 Å². The second-order valence-electron chi connectivity index (χ2n) is 7.71. The molecule has 8 heteroatoms. The summed E-state index contributed by atoms with van der Waals surface area (Å²) in [5.74, 6) is 0.754. The van der Waals surface area contributed by atoms with E-state index in [0.29, 0.717) is 17.1 Å². The molecule has 1 saturated heterocycles. The molecule has 0 N–H and O–H groups in total. The first-order chi connectivity index (χ1) is 13.3. The molecule has 28 heavy (non-hydrogen) atoms. The lowest BCUT2D eigenvalue weighted by Crippen LogP contribution is -2.29. The van der Waals surface area contributed by atoms with Crippen molar-refractivity contribution in [2.75, 3.05) is 18.8 Å². The number of thioether (sulfide) groups is 1. The maximum atomic E-state index is 12.5. The van der Waals surface area contributed by atoms with Crippen LogP contribution in [0.25, 0.3) is 0 Å². The second-order valence-corrected chi connectivity index (χ2v) is 8.73. The minimum Gasteiger partial charge on any atom is -0.452 e. The number of hydrogen-bond donors (Lipinski definition) is 0. The van der Waals surface area contributed by atoms with Gasteiger partial charge in [0, 0.05) is 23.4 Å². The van der Waals surface area contributed by atoms with Gasteiger partial charge in [-0.2, -0.15) is 4.98 Å². The zero-order valence-corrected chi connectivity index (χ0v) is 17.3. The molecule has 0 saturated carbocycles. The van der Waals surface area contributed by atoms with E-state index in [2.05, 4.69) is 10.1 Å².